The van der Waals surface area contributed by atoms with Crippen molar-refractivity contribution in [3.8, 4) is 11.1 Å². The fourth-order valence-electron chi connectivity index (χ4n) is 4.17. The molecule has 0 fully saturated rings. The number of ether oxygens (including phenoxy) is 2. The maximum absolute atomic E-state index is 12.7. The van der Waals surface area contributed by atoms with E-state index in [0.717, 1.165) is 22.3 Å². The summed E-state index contributed by atoms with van der Waals surface area (Å²) < 4.78 is 10.7. The van der Waals surface area contributed by atoms with Gasteiger partial charge in [-0.15, -0.1) is 0 Å². The lowest BCUT2D eigenvalue weighted by atomic mass is 9.98. The van der Waals surface area contributed by atoms with Crippen LogP contribution < -0.4 is 5.32 Å². The molecule has 1 aliphatic rings. The molecule has 0 bridgehead atoms. The van der Waals surface area contributed by atoms with Crippen molar-refractivity contribution in [2.45, 2.75) is 12.0 Å². The molecule has 0 aliphatic heterocycles. The van der Waals surface area contributed by atoms with Crippen LogP contribution in [0.25, 0.3) is 11.1 Å². The van der Waals surface area contributed by atoms with Crippen LogP contribution in [0.2, 0.25) is 0 Å². The molecule has 0 saturated heterocycles. The first kappa shape index (κ1) is 25.3. The van der Waals surface area contributed by atoms with Gasteiger partial charge in [-0.3, -0.25) is 4.79 Å². The second-order valence-electron chi connectivity index (χ2n) is 8.25. The van der Waals surface area contributed by atoms with Crippen molar-refractivity contribution in [2.24, 2.45) is 0 Å². The van der Waals surface area contributed by atoms with E-state index in [4.69, 9.17) is 9.47 Å². The van der Waals surface area contributed by atoms with Crippen molar-refractivity contribution < 1.29 is 23.9 Å². The summed E-state index contributed by atoms with van der Waals surface area (Å²) in [5.74, 6) is -0.421. The van der Waals surface area contributed by atoms with E-state index < -0.39 is 18.1 Å². The Morgan fingerprint density at radius 1 is 0.889 bits per heavy atom. The molecule has 36 heavy (non-hydrogen) atoms. The maximum atomic E-state index is 12.7. The summed E-state index contributed by atoms with van der Waals surface area (Å²) in [5.41, 5.74) is 5.06. The van der Waals surface area contributed by atoms with Gasteiger partial charge in [0, 0.05) is 17.2 Å². The molecule has 184 valence electrons. The standard InChI is InChI=1S/C29H27NO5S/c1-2-16-34-28(32)26(18-36-19-27(31)20-10-4-3-5-11-20)30-29(33)35-17-25-23-14-8-6-12-21(23)22-13-7-9-15-24(22)25/h2-15,25-26H,1,16-19H2,(H,30,33)/t26-/m0/s1. The average Bonchev–Trinajstić information content (AvgIpc) is 3.24. The predicted octanol–water partition coefficient (Wildman–Crippen LogP) is 5.24. The van der Waals surface area contributed by atoms with Crippen molar-refractivity contribution in [1.82, 2.24) is 5.32 Å². The van der Waals surface area contributed by atoms with Gasteiger partial charge in [0.05, 0.1) is 5.75 Å². The van der Waals surface area contributed by atoms with Crippen molar-refractivity contribution in [2.75, 3.05) is 24.7 Å². The Labute approximate surface area is 214 Å². The quantitative estimate of drug-likeness (QED) is 0.220. The number of thioether (sulfide) groups is 1. The van der Waals surface area contributed by atoms with Gasteiger partial charge in [-0.1, -0.05) is 91.5 Å². The minimum atomic E-state index is -0.964. The number of carbonyl (C=O) groups excluding carboxylic acids is 3. The molecular weight excluding hydrogens is 474 g/mol. The summed E-state index contributed by atoms with van der Waals surface area (Å²) >= 11 is 1.25. The zero-order valence-electron chi connectivity index (χ0n) is 19.7. The van der Waals surface area contributed by atoms with Crippen LogP contribution in [0, 0.1) is 0 Å². The summed E-state index contributed by atoms with van der Waals surface area (Å²) in [6.45, 7) is 3.70. The molecule has 6 nitrogen and oxygen atoms in total. The number of nitrogens with one attached hydrogen (secondary N) is 1. The van der Waals surface area contributed by atoms with Crippen molar-refractivity contribution >= 4 is 29.6 Å². The zero-order valence-corrected chi connectivity index (χ0v) is 20.5. The Balaban J connectivity index is 1.36. The molecule has 3 aromatic rings. The molecule has 7 heteroatoms. The smallest absolute Gasteiger partial charge is 0.407 e. The molecule has 0 radical (unpaired) electrons. The minimum Gasteiger partial charge on any atom is -0.460 e. The molecule has 1 aliphatic carbocycles. The largest absolute Gasteiger partial charge is 0.460 e. The number of carbonyl (C=O) groups is 3. The Hall–Kier alpha value is -3.84. The van der Waals surface area contributed by atoms with Crippen LogP contribution in [0.5, 0.6) is 0 Å². The Bertz CT molecular complexity index is 1200. The van der Waals surface area contributed by atoms with Crippen LogP contribution in [0.15, 0.2) is 91.5 Å². The van der Waals surface area contributed by atoms with Gasteiger partial charge in [0.1, 0.15) is 19.3 Å². The first-order valence-electron chi connectivity index (χ1n) is 11.6. The number of alkyl carbamates (subject to hydrolysis) is 1. The fourth-order valence-corrected chi connectivity index (χ4v) is 5.09. The average molecular weight is 502 g/mol. The number of fused-ring (bicyclic) bond motifs is 3. The number of Topliss-reactive ketones (excluding diaryl/α,β-unsaturated/α-hetero) is 1. The lowest BCUT2D eigenvalue weighted by Crippen LogP contribution is -2.44. The van der Waals surface area contributed by atoms with E-state index >= 15 is 0 Å². The van der Waals surface area contributed by atoms with E-state index in [2.05, 4.69) is 24.0 Å². The summed E-state index contributed by atoms with van der Waals surface area (Å²) in [6.07, 6.45) is 0.737. The number of rotatable bonds is 11. The van der Waals surface area contributed by atoms with Crippen molar-refractivity contribution in [3.05, 3.63) is 108 Å². The molecule has 1 atom stereocenters. The minimum absolute atomic E-state index is 0.0231. The highest BCUT2D eigenvalue weighted by atomic mass is 32.2. The SMILES string of the molecule is C=CCOC(=O)[C@H](CSCC(=O)c1ccccc1)NC(=O)OCC1c2ccccc2-c2ccccc21. The number of esters is 1. The number of ketones is 1. The lowest BCUT2D eigenvalue weighted by molar-refractivity contribution is -0.144. The normalized spacial score (nSPS) is 12.7. The molecule has 0 unspecified atom stereocenters. The highest BCUT2D eigenvalue weighted by molar-refractivity contribution is 8.00. The Kier molecular flexibility index (Phi) is 8.57. The van der Waals surface area contributed by atoms with Gasteiger partial charge >= 0.3 is 12.1 Å². The van der Waals surface area contributed by atoms with Gasteiger partial charge in [0.2, 0.25) is 0 Å². The number of hydrogen-bond acceptors (Lipinski definition) is 6. The maximum Gasteiger partial charge on any atom is 0.407 e. The summed E-state index contributed by atoms with van der Waals surface area (Å²) in [7, 11) is 0. The highest BCUT2D eigenvalue weighted by Gasteiger charge is 2.30. The Morgan fingerprint density at radius 2 is 1.50 bits per heavy atom. The third kappa shape index (κ3) is 6.04. The van der Waals surface area contributed by atoms with E-state index in [-0.39, 0.29) is 36.4 Å². The Morgan fingerprint density at radius 3 is 2.14 bits per heavy atom. The zero-order chi connectivity index (χ0) is 25.3. The van der Waals surface area contributed by atoms with E-state index in [1.807, 2.05) is 42.5 Å². The van der Waals surface area contributed by atoms with Gasteiger partial charge in [-0.25, -0.2) is 9.59 Å². The molecular formula is C29H27NO5S. The molecule has 0 saturated carbocycles. The summed E-state index contributed by atoms with van der Waals surface area (Å²) in [5, 5.41) is 2.61. The van der Waals surface area contributed by atoms with E-state index in [0.29, 0.717) is 5.56 Å². The number of hydrogen-bond donors (Lipinski definition) is 1. The van der Waals surface area contributed by atoms with Gasteiger partial charge in [-0.2, -0.15) is 11.8 Å². The molecule has 0 aromatic heterocycles. The second-order valence-corrected chi connectivity index (χ2v) is 9.28. The van der Waals surface area contributed by atoms with E-state index in [1.165, 1.54) is 17.8 Å². The van der Waals surface area contributed by atoms with Crippen LogP contribution in [0.4, 0.5) is 4.79 Å². The third-order valence-corrected chi connectivity index (χ3v) is 6.91. The number of benzene rings is 3. The molecule has 3 aromatic carbocycles. The van der Waals surface area contributed by atoms with Crippen LogP contribution in [-0.4, -0.2) is 48.6 Å². The van der Waals surface area contributed by atoms with Crippen molar-refractivity contribution in [3.63, 3.8) is 0 Å². The molecule has 1 amide bonds. The van der Waals surface area contributed by atoms with Gasteiger partial charge < -0.3 is 14.8 Å². The second kappa shape index (κ2) is 12.2. The molecule has 0 spiro atoms. The van der Waals surface area contributed by atoms with Gasteiger partial charge in [0.25, 0.3) is 0 Å². The summed E-state index contributed by atoms with van der Waals surface area (Å²) in [4.78, 5) is 37.6. The molecule has 1 N–H and O–H groups in total. The summed E-state index contributed by atoms with van der Waals surface area (Å²) in [6, 6.07) is 24.1. The first-order chi connectivity index (χ1) is 17.6. The van der Waals surface area contributed by atoms with E-state index in [1.54, 1.807) is 24.3 Å². The third-order valence-electron chi connectivity index (χ3n) is 5.88. The van der Waals surface area contributed by atoms with Crippen LogP contribution in [-0.2, 0) is 14.3 Å². The van der Waals surface area contributed by atoms with E-state index in [9.17, 15) is 14.4 Å². The van der Waals surface area contributed by atoms with Crippen LogP contribution in [0.3, 0.4) is 0 Å². The molecule has 0 heterocycles. The molecule has 4 rings (SSSR count). The van der Waals surface area contributed by atoms with Crippen LogP contribution in [0.1, 0.15) is 27.4 Å². The fraction of sp³-hybridized carbons (Fsp3) is 0.207. The number of amides is 1. The first-order valence-corrected chi connectivity index (χ1v) is 12.8. The lowest BCUT2D eigenvalue weighted by Gasteiger charge is -2.19. The monoisotopic (exact) mass is 501 g/mol. The van der Waals surface area contributed by atoms with Gasteiger partial charge in [-0.05, 0) is 22.3 Å². The van der Waals surface area contributed by atoms with Gasteiger partial charge in [0.15, 0.2) is 5.78 Å². The topological polar surface area (TPSA) is 81.7 Å². The predicted molar refractivity (Wildman–Crippen MR) is 141 cm³/mol. The van der Waals surface area contributed by atoms with Crippen LogP contribution >= 0.6 is 11.8 Å². The van der Waals surface area contributed by atoms with Crippen molar-refractivity contribution in [1.29, 1.82) is 0 Å². The highest BCUT2D eigenvalue weighted by Crippen LogP contribution is 2.44.